The molecule has 0 spiro atoms. The van der Waals surface area contributed by atoms with E-state index in [0.29, 0.717) is 16.8 Å². The predicted octanol–water partition coefficient (Wildman–Crippen LogP) is 2.21. The molecule has 0 saturated carbocycles. The second-order valence-corrected chi connectivity index (χ2v) is 5.36. The third-order valence-electron chi connectivity index (χ3n) is 3.07. The van der Waals surface area contributed by atoms with Crippen LogP contribution in [0.2, 0.25) is 0 Å². The Morgan fingerprint density at radius 3 is 3.00 bits per heavy atom. The first kappa shape index (κ1) is 17.2. The fourth-order valence-electron chi connectivity index (χ4n) is 2.03. The molecule has 1 fully saturated rings. The van der Waals surface area contributed by atoms with Gasteiger partial charge in [0.1, 0.15) is 11.6 Å². The van der Waals surface area contributed by atoms with E-state index in [0.717, 1.165) is 13.1 Å². The second kappa shape index (κ2) is 7.81. The van der Waals surface area contributed by atoms with E-state index in [4.69, 9.17) is 4.74 Å². The molecule has 112 valence electrons. The lowest BCUT2D eigenvalue weighted by Crippen LogP contribution is -2.53. The topological polar surface area (TPSA) is 41.6 Å². The third-order valence-corrected chi connectivity index (χ3v) is 3.69. The number of hydrogen-bond donors (Lipinski definition) is 1. The number of nitrogens with one attached hydrogen (secondary N) is 1. The van der Waals surface area contributed by atoms with E-state index in [9.17, 15) is 9.18 Å². The molecule has 0 radical (unpaired) electrons. The Hall–Kier alpha value is -0.850. The molecule has 1 N–H and O–H groups in total. The van der Waals surface area contributed by atoms with Gasteiger partial charge < -0.3 is 15.0 Å². The molecule has 1 aromatic rings. The maximum Gasteiger partial charge on any atom is 0.260 e. The van der Waals surface area contributed by atoms with Crippen molar-refractivity contribution in [1.82, 2.24) is 10.2 Å². The molecule has 0 bridgehead atoms. The zero-order valence-electron chi connectivity index (χ0n) is 11.1. The van der Waals surface area contributed by atoms with Crippen molar-refractivity contribution in [1.29, 1.82) is 0 Å². The van der Waals surface area contributed by atoms with Crippen LogP contribution in [0.4, 0.5) is 4.39 Å². The molecule has 20 heavy (non-hydrogen) atoms. The summed E-state index contributed by atoms with van der Waals surface area (Å²) in [7, 11) is 0. The molecular formula is C13H17BrClFN2O2. The lowest BCUT2D eigenvalue weighted by Gasteiger charge is -2.33. The summed E-state index contributed by atoms with van der Waals surface area (Å²) in [5, 5.41) is 3.22. The van der Waals surface area contributed by atoms with Gasteiger partial charge in [0.2, 0.25) is 0 Å². The summed E-state index contributed by atoms with van der Waals surface area (Å²) < 4.78 is 18.9. The van der Waals surface area contributed by atoms with Crippen molar-refractivity contribution in [2.75, 3.05) is 26.2 Å². The van der Waals surface area contributed by atoms with E-state index < -0.39 is 0 Å². The number of piperazine rings is 1. The highest BCUT2D eigenvalue weighted by molar-refractivity contribution is 9.10. The predicted molar refractivity (Wildman–Crippen MR) is 80.9 cm³/mol. The van der Waals surface area contributed by atoms with Crippen molar-refractivity contribution in [3.63, 3.8) is 0 Å². The first-order chi connectivity index (χ1) is 9.08. The fourth-order valence-corrected chi connectivity index (χ4v) is 2.49. The van der Waals surface area contributed by atoms with E-state index in [2.05, 4.69) is 21.2 Å². The van der Waals surface area contributed by atoms with Gasteiger partial charge in [-0.25, -0.2) is 4.39 Å². The number of ether oxygens (including phenoxy) is 1. The van der Waals surface area contributed by atoms with Crippen LogP contribution in [0.25, 0.3) is 0 Å². The van der Waals surface area contributed by atoms with Crippen LogP contribution in [0.15, 0.2) is 22.7 Å². The number of rotatable bonds is 3. The molecule has 4 nitrogen and oxygen atoms in total. The molecule has 2 rings (SSSR count). The van der Waals surface area contributed by atoms with Crippen LogP contribution in [-0.4, -0.2) is 43.1 Å². The van der Waals surface area contributed by atoms with E-state index >= 15 is 0 Å². The molecule has 7 heteroatoms. The highest BCUT2D eigenvalue weighted by atomic mass is 79.9. The molecule has 0 unspecified atom stereocenters. The van der Waals surface area contributed by atoms with E-state index in [-0.39, 0.29) is 36.8 Å². The van der Waals surface area contributed by atoms with Crippen LogP contribution < -0.4 is 10.1 Å². The summed E-state index contributed by atoms with van der Waals surface area (Å²) in [5.41, 5.74) is 0. The number of nitrogens with zero attached hydrogens (tertiary/aromatic N) is 1. The van der Waals surface area contributed by atoms with Gasteiger partial charge in [-0.1, -0.05) is 0 Å². The highest BCUT2D eigenvalue weighted by Gasteiger charge is 2.23. The minimum Gasteiger partial charge on any atom is -0.483 e. The van der Waals surface area contributed by atoms with Gasteiger partial charge in [0.25, 0.3) is 5.91 Å². The van der Waals surface area contributed by atoms with Gasteiger partial charge >= 0.3 is 0 Å². The molecule has 1 saturated heterocycles. The highest BCUT2D eigenvalue weighted by Crippen LogP contribution is 2.25. The van der Waals surface area contributed by atoms with E-state index in [1.807, 2.05) is 6.92 Å². The van der Waals surface area contributed by atoms with Crippen molar-refractivity contribution < 1.29 is 13.9 Å². The van der Waals surface area contributed by atoms with Gasteiger partial charge in [-0.15, -0.1) is 12.4 Å². The van der Waals surface area contributed by atoms with E-state index in [1.54, 1.807) is 4.90 Å². The molecule has 1 amide bonds. The molecule has 1 aliphatic rings. The fraction of sp³-hybridized carbons (Fsp3) is 0.462. The number of carbonyl (C=O) groups excluding carboxylic acids is 1. The van der Waals surface area contributed by atoms with Gasteiger partial charge in [-0.05, 0) is 41.1 Å². The van der Waals surface area contributed by atoms with Crippen LogP contribution in [0, 0.1) is 5.82 Å². The summed E-state index contributed by atoms with van der Waals surface area (Å²) in [4.78, 5) is 13.8. The van der Waals surface area contributed by atoms with Gasteiger partial charge in [-0.3, -0.25) is 4.79 Å². The summed E-state index contributed by atoms with van der Waals surface area (Å²) in [6.07, 6.45) is 0. The van der Waals surface area contributed by atoms with Gasteiger partial charge in [0, 0.05) is 25.7 Å². The first-order valence-electron chi connectivity index (χ1n) is 6.16. The zero-order valence-corrected chi connectivity index (χ0v) is 13.5. The van der Waals surface area contributed by atoms with Gasteiger partial charge in [0.15, 0.2) is 6.61 Å². The lowest BCUT2D eigenvalue weighted by atomic mass is 10.2. The standard InChI is InChI=1S/C13H16BrFN2O2.ClH/c1-9-7-16-4-5-17(9)13(18)8-19-12-3-2-10(15)6-11(12)14;/h2-3,6,9,16H,4-5,7-8H2,1H3;1H/t9-;/m0./s1. The van der Waals surface area contributed by atoms with Crippen molar-refractivity contribution in [2.24, 2.45) is 0 Å². The average molecular weight is 368 g/mol. The van der Waals surface area contributed by atoms with E-state index in [1.165, 1.54) is 18.2 Å². The second-order valence-electron chi connectivity index (χ2n) is 4.50. The number of halogens is 3. The zero-order chi connectivity index (χ0) is 13.8. The summed E-state index contributed by atoms with van der Waals surface area (Å²) >= 11 is 3.21. The minimum atomic E-state index is -0.346. The van der Waals surface area contributed by atoms with Crippen LogP contribution in [0.1, 0.15) is 6.92 Å². The van der Waals surface area contributed by atoms with Crippen LogP contribution in [0.3, 0.4) is 0 Å². The Bertz CT molecular complexity index is 476. The van der Waals surface area contributed by atoms with Gasteiger partial charge in [0.05, 0.1) is 4.47 Å². The molecule has 0 aliphatic carbocycles. The SMILES string of the molecule is C[C@H]1CNCCN1C(=O)COc1ccc(F)cc1Br.Cl. The van der Waals surface area contributed by atoms with Crippen molar-refractivity contribution in [2.45, 2.75) is 13.0 Å². The van der Waals surface area contributed by atoms with Crippen molar-refractivity contribution >= 4 is 34.2 Å². The van der Waals surface area contributed by atoms with Crippen molar-refractivity contribution in [3.05, 3.63) is 28.5 Å². The van der Waals surface area contributed by atoms with Crippen LogP contribution in [0.5, 0.6) is 5.75 Å². The third kappa shape index (κ3) is 4.33. The van der Waals surface area contributed by atoms with Crippen LogP contribution >= 0.6 is 28.3 Å². The number of carbonyl (C=O) groups is 1. The first-order valence-corrected chi connectivity index (χ1v) is 6.95. The maximum atomic E-state index is 12.9. The number of amides is 1. The Labute approximate surface area is 132 Å². The van der Waals surface area contributed by atoms with Gasteiger partial charge in [-0.2, -0.15) is 0 Å². The smallest absolute Gasteiger partial charge is 0.260 e. The largest absolute Gasteiger partial charge is 0.483 e. The molecule has 1 aromatic carbocycles. The summed E-state index contributed by atoms with van der Waals surface area (Å²) in [6, 6.07) is 4.29. The average Bonchev–Trinajstić information content (AvgIpc) is 2.38. The van der Waals surface area contributed by atoms with Crippen molar-refractivity contribution in [3.8, 4) is 5.75 Å². The Morgan fingerprint density at radius 1 is 1.60 bits per heavy atom. The Morgan fingerprint density at radius 2 is 2.35 bits per heavy atom. The maximum absolute atomic E-state index is 12.9. The molecule has 1 atom stereocenters. The summed E-state index contributed by atoms with van der Waals surface area (Å²) in [6.45, 7) is 4.25. The minimum absolute atomic E-state index is 0. The Kier molecular flexibility index (Phi) is 6.71. The molecule has 0 aromatic heterocycles. The number of hydrogen-bond acceptors (Lipinski definition) is 3. The quantitative estimate of drug-likeness (QED) is 0.890. The molecular weight excluding hydrogens is 351 g/mol. The van der Waals surface area contributed by atoms with Crippen LogP contribution in [-0.2, 0) is 4.79 Å². The normalized spacial score (nSPS) is 18.4. The Balaban J connectivity index is 0.00000200. The monoisotopic (exact) mass is 366 g/mol. The number of benzene rings is 1. The molecule has 1 aliphatic heterocycles. The summed E-state index contributed by atoms with van der Waals surface area (Å²) in [5.74, 6) is 0.0732. The lowest BCUT2D eigenvalue weighted by molar-refractivity contribution is -0.136. The molecule has 1 heterocycles.